The van der Waals surface area contributed by atoms with E-state index in [0.717, 1.165) is 11.8 Å². The first-order valence-electron chi connectivity index (χ1n) is 8.55. The molecule has 0 radical (unpaired) electrons. The summed E-state index contributed by atoms with van der Waals surface area (Å²) in [4.78, 5) is 35.1. The number of carbonyl (C=O) groups is 3. The zero-order valence-electron chi connectivity index (χ0n) is 15.3. The van der Waals surface area contributed by atoms with E-state index in [0.29, 0.717) is 22.0 Å². The first-order valence-corrected chi connectivity index (χ1v) is 9.53. The predicted octanol–water partition coefficient (Wildman–Crippen LogP) is 2.51. The van der Waals surface area contributed by atoms with Gasteiger partial charge in [-0.15, -0.1) is 5.10 Å². The van der Waals surface area contributed by atoms with Crippen LogP contribution in [0.4, 0.5) is 0 Å². The van der Waals surface area contributed by atoms with Gasteiger partial charge < -0.3 is 9.84 Å². The monoisotopic (exact) mass is 412 g/mol. The number of hydrogen-bond donors (Lipinski definition) is 1. The number of thioether (sulfide) groups is 1. The van der Waals surface area contributed by atoms with Gasteiger partial charge in [0.05, 0.1) is 29.2 Å². The Labute approximate surface area is 169 Å². The van der Waals surface area contributed by atoms with Crippen LogP contribution < -0.4 is 0 Å². The summed E-state index contributed by atoms with van der Waals surface area (Å²) in [6, 6.07) is 12.3. The number of hydrogen-bond acceptors (Lipinski definition) is 8. The molecule has 3 aromatic rings. The minimum atomic E-state index is -1.03. The molecule has 0 unspecified atom stereocenters. The molecule has 0 saturated heterocycles. The molecule has 0 aliphatic carbocycles. The Morgan fingerprint density at radius 1 is 1.00 bits per heavy atom. The van der Waals surface area contributed by atoms with Gasteiger partial charge >= 0.3 is 11.9 Å². The number of aromatic carboxylic acids is 1. The number of rotatable bonds is 8. The summed E-state index contributed by atoms with van der Waals surface area (Å²) in [5.41, 5.74) is 1.56. The van der Waals surface area contributed by atoms with Crippen LogP contribution in [-0.2, 0) is 4.74 Å². The van der Waals surface area contributed by atoms with Crippen molar-refractivity contribution in [3.05, 3.63) is 65.2 Å². The smallest absolute Gasteiger partial charge is 0.338 e. The maximum Gasteiger partial charge on any atom is 0.338 e. The molecule has 0 spiro atoms. The van der Waals surface area contributed by atoms with Crippen LogP contribution in [0.3, 0.4) is 0 Å². The van der Waals surface area contributed by atoms with Crippen LogP contribution in [0.2, 0.25) is 0 Å². The lowest BCUT2D eigenvalue weighted by Gasteiger charge is -2.05. The Hall–Kier alpha value is -3.53. The van der Waals surface area contributed by atoms with Gasteiger partial charge in [0.1, 0.15) is 0 Å². The van der Waals surface area contributed by atoms with E-state index in [1.165, 1.54) is 16.8 Å². The molecule has 148 valence electrons. The van der Waals surface area contributed by atoms with Crippen LogP contribution in [0, 0.1) is 0 Å². The SMILES string of the molecule is CCOC(=O)c1ccc(C(=O)CSc2nnnn2-c2ccc(C(=O)O)cc2)cc1. The van der Waals surface area contributed by atoms with Crippen LogP contribution in [-0.4, -0.2) is 55.4 Å². The van der Waals surface area contributed by atoms with E-state index in [-0.39, 0.29) is 23.7 Å². The van der Waals surface area contributed by atoms with Gasteiger partial charge in [-0.3, -0.25) is 4.79 Å². The molecule has 1 aromatic heterocycles. The first-order chi connectivity index (χ1) is 14.0. The lowest BCUT2D eigenvalue weighted by Crippen LogP contribution is -2.07. The van der Waals surface area contributed by atoms with Crippen molar-refractivity contribution >= 4 is 29.5 Å². The summed E-state index contributed by atoms with van der Waals surface area (Å²) in [5, 5.41) is 20.8. The molecule has 10 heteroatoms. The highest BCUT2D eigenvalue weighted by Crippen LogP contribution is 2.20. The number of benzene rings is 2. The molecule has 0 saturated carbocycles. The quantitative estimate of drug-likeness (QED) is 0.337. The van der Waals surface area contributed by atoms with E-state index in [1.54, 1.807) is 43.3 Å². The average Bonchev–Trinajstić information content (AvgIpc) is 3.21. The molecule has 9 nitrogen and oxygen atoms in total. The average molecular weight is 412 g/mol. The fraction of sp³-hybridized carbons (Fsp3) is 0.158. The maximum absolute atomic E-state index is 12.4. The van der Waals surface area contributed by atoms with Gasteiger partial charge in [0.25, 0.3) is 0 Å². The van der Waals surface area contributed by atoms with Crippen molar-refractivity contribution in [2.24, 2.45) is 0 Å². The molecular weight excluding hydrogens is 396 g/mol. The number of nitrogens with zero attached hydrogens (tertiary/aromatic N) is 4. The first kappa shape index (κ1) is 20.2. The van der Waals surface area contributed by atoms with Gasteiger partial charge in [0.2, 0.25) is 5.16 Å². The zero-order chi connectivity index (χ0) is 20.8. The standard InChI is InChI=1S/C19H16N4O5S/c1-2-28-18(27)14-5-3-12(4-6-14)16(24)11-29-19-20-21-22-23(19)15-9-7-13(8-10-15)17(25)26/h3-10H,2,11H2,1H3,(H,25,26). The van der Waals surface area contributed by atoms with Crippen molar-refractivity contribution < 1.29 is 24.2 Å². The summed E-state index contributed by atoms with van der Waals surface area (Å²) in [7, 11) is 0. The topological polar surface area (TPSA) is 124 Å². The van der Waals surface area contributed by atoms with Crippen molar-refractivity contribution in [2.45, 2.75) is 12.1 Å². The molecule has 3 rings (SSSR count). The zero-order valence-corrected chi connectivity index (χ0v) is 16.1. The van der Waals surface area contributed by atoms with Crippen molar-refractivity contribution in [1.82, 2.24) is 20.2 Å². The fourth-order valence-electron chi connectivity index (χ4n) is 2.40. The molecule has 0 aliphatic rings. The molecule has 1 heterocycles. The molecule has 0 bridgehead atoms. The summed E-state index contributed by atoms with van der Waals surface area (Å²) >= 11 is 1.15. The van der Waals surface area contributed by atoms with Crippen LogP contribution in [0.15, 0.2) is 53.7 Å². The number of carbonyl (C=O) groups excluding carboxylic acids is 2. The van der Waals surface area contributed by atoms with Crippen molar-refractivity contribution in [3.8, 4) is 5.69 Å². The lowest BCUT2D eigenvalue weighted by atomic mass is 10.1. The van der Waals surface area contributed by atoms with Crippen LogP contribution >= 0.6 is 11.8 Å². The van der Waals surface area contributed by atoms with Crippen molar-refractivity contribution in [1.29, 1.82) is 0 Å². The largest absolute Gasteiger partial charge is 0.478 e. The van der Waals surface area contributed by atoms with E-state index in [1.807, 2.05) is 0 Å². The molecule has 0 fully saturated rings. The fourth-order valence-corrected chi connectivity index (χ4v) is 3.18. The van der Waals surface area contributed by atoms with Crippen molar-refractivity contribution in [2.75, 3.05) is 12.4 Å². The van der Waals surface area contributed by atoms with Crippen LogP contribution in [0.25, 0.3) is 5.69 Å². The number of Topliss-reactive ketones (excluding diaryl/α,β-unsaturated/α-hetero) is 1. The number of tetrazole rings is 1. The number of carboxylic acids is 1. The minimum Gasteiger partial charge on any atom is -0.478 e. The molecular formula is C19H16N4O5S. The summed E-state index contributed by atoms with van der Waals surface area (Å²) in [6.45, 7) is 2.01. The van der Waals surface area contributed by atoms with E-state index >= 15 is 0 Å². The third kappa shape index (κ3) is 4.85. The molecule has 29 heavy (non-hydrogen) atoms. The van der Waals surface area contributed by atoms with Gasteiger partial charge in [0.15, 0.2) is 5.78 Å². The minimum absolute atomic E-state index is 0.0896. The molecule has 1 N–H and O–H groups in total. The predicted molar refractivity (Wildman–Crippen MR) is 104 cm³/mol. The Balaban J connectivity index is 1.66. The van der Waals surface area contributed by atoms with Gasteiger partial charge in [0, 0.05) is 5.56 Å². The van der Waals surface area contributed by atoms with Gasteiger partial charge in [-0.2, -0.15) is 4.68 Å². The van der Waals surface area contributed by atoms with E-state index in [2.05, 4.69) is 15.5 Å². The van der Waals surface area contributed by atoms with Crippen LogP contribution in [0.5, 0.6) is 0 Å². The Kier molecular flexibility index (Phi) is 6.35. The van der Waals surface area contributed by atoms with Gasteiger partial charge in [-0.1, -0.05) is 23.9 Å². The Morgan fingerprint density at radius 2 is 1.62 bits per heavy atom. The normalized spacial score (nSPS) is 10.5. The molecule has 0 aliphatic heterocycles. The Morgan fingerprint density at radius 3 is 2.24 bits per heavy atom. The highest BCUT2D eigenvalue weighted by molar-refractivity contribution is 7.99. The number of ketones is 1. The highest BCUT2D eigenvalue weighted by atomic mass is 32.2. The summed E-state index contributed by atoms with van der Waals surface area (Å²) in [5.74, 6) is -1.52. The summed E-state index contributed by atoms with van der Waals surface area (Å²) < 4.78 is 6.34. The number of ether oxygens (including phenoxy) is 1. The van der Waals surface area contributed by atoms with E-state index in [9.17, 15) is 14.4 Å². The number of carboxylic acid groups (broad SMARTS) is 1. The van der Waals surface area contributed by atoms with Gasteiger partial charge in [-0.05, 0) is 53.7 Å². The number of esters is 1. The number of aromatic nitrogens is 4. The highest BCUT2D eigenvalue weighted by Gasteiger charge is 2.14. The second-order valence-electron chi connectivity index (χ2n) is 5.73. The Bertz CT molecular complexity index is 1030. The van der Waals surface area contributed by atoms with Crippen LogP contribution in [0.1, 0.15) is 38.0 Å². The van der Waals surface area contributed by atoms with Gasteiger partial charge in [-0.25, -0.2) is 9.59 Å². The van der Waals surface area contributed by atoms with Crippen molar-refractivity contribution in [3.63, 3.8) is 0 Å². The second-order valence-corrected chi connectivity index (χ2v) is 6.68. The third-order valence-electron chi connectivity index (χ3n) is 3.85. The maximum atomic E-state index is 12.4. The lowest BCUT2D eigenvalue weighted by molar-refractivity contribution is 0.0525. The summed E-state index contributed by atoms with van der Waals surface area (Å²) in [6.07, 6.45) is 0. The third-order valence-corrected chi connectivity index (χ3v) is 4.77. The second kappa shape index (κ2) is 9.11. The molecule has 0 atom stereocenters. The molecule has 2 aromatic carbocycles. The van der Waals surface area contributed by atoms with E-state index < -0.39 is 11.9 Å². The van der Waals surface area contributed by atoms with E-state index in [4.69, 9.17) is 9.84 Å². The molecule has 0 amide bonds.